The first kappa shape index (κ1) is 13.4. The Kier molecular flexibility index (Phi) is 7.50. The summed E-state index contributed by atoms with van der Waals surface area (Å²) in [5, 5.41) is 10.1. The van der Waals surface area contributed by atoms with Gasteiger partial charge in [-0.15, -0.1) is 11.8 Å². The van der Waals surface area contributed by atoms with Crippen LogP contribution in [0, 0.1) is 11.8 Å². The summed E-state index contributed by atoms with van der Waals surface area (Å²) in [5.41, 5.74) is 4.65. The van der Waals surface area contributed by atoms with E-state index in [0.29, 0.717) is 32.4 Å². The van der Waals surface area contributed by atoms with Gasteiger partial charge in [0.25, 0.3) is 0 Å². The maximum atomic E-state index is 10.1. The van der Waals surface area contributed by atoms with E-state index in [-0.39, 0.29) is 0 Å². The molecule has 0 radical (unpaired) electrons. The van der Waals surface area contributed by atoms with Gasteiger partial charge in [0, 0.05) is 13.5 Å². The third-order valence-electron chi connectivity index (χ3n) is 2.15. The van der Waals surface area contributed by atoms with E-state index in [4.69, 9.17) is 10.5 Å². The van der Waals surface area contributed by atoms with E-state index in [0.717, 1.165) is 6.42 Å². The van der Waals surface area contributed by atoms with Crippen LogP contribution in [0.3, 0.4) is 0 Å². The summed E-state index contributed by atoms with van der Waals surface area (Å²) < 4.78 is 5.00. The molecule has 3 nitrogen and oxygen atoms in total. The number of ether oxygens (including phenoxy) is 1. The Morgan fingerprint density at radius 3 is 2.64 bits per heavy atom. The van der Waals surface area contributed by atoms with Crippen molar-refractivity contribution in [3.05, 3.63) is 0 Å². The Morgan fingerprint density at radius 2 is 2.14 bits per heavy atom. The van der Waals surface area contributed by atoms with Gasteiger partial charge in [0.2, 0.25) is 0 Å². The first-order chi connectivity index (χ1) is 6.68. The highest BCUT2D eigenvalue weighted by Gasteiger charge is 2.25. The number of aliphatic hydroxyl groups is 1. The number of hydrogen-bond acceptors (Lipinski definition) is 3. The summed E-state index contributed by atoms with van der Waals surface area (Å²) in [6, 6.07) is 0. The molecule has 0 saturated carbocycles. The second-order valence-electron chi connectivity index (χ2n) is 3.48. The zero-order valence-corrected chi connectivity index (χ0v) is 9.18. The molecule has 0 aliphatic rings. The standard InChI is InChI=1S/C11H21NO2/c1-3-4-5-7-11(13,10-14-2)8-6-9-12/h13H,5-10,12H2,1-2H3. The van der Waals surface area contributed by atoms with E-state index in [9.17, 15) is 5.11 Å². The fourth-order valence-corrected chi connectivity index (χ4v) is 1.39. The molecule has 0 aromatic rings. The van der Waals surface area contributed by atoms with Crippen molar-refractivity contribution in [1.82, 2.24) is 0 Å². The fraction of sp³-hybridized carbons (Fsp3) is 0.818. The van der Waals surface area contributed by atoms with E-state index < -0.39 is 5.60 Å². The molecule has 0 aromatic heterocycles. The lowest BCUT2D eigenvalue weighted by Gasteiger charge is -2.26. The monoisotopic (exact) mass is 199 g/mol. The molecule has 0 heterocycles. The molecule has 1 atom stereocenters. The van der Waals surface area contributed by atoms with Crippen LogP contribution in [0.25, 0.3) is 0 Å². The topological polar surface area (TPSA) is 55.5 Å². The largest absolute Gasteiger partial charge is 0.387 e. The van der Waals surface area contributed by atoms with Crippen LogP contribution >= 0.6 is 0 Å². The minimum atomic E-state index is -0.752. The summed E-state index contributed by atoms with van der Waals surface area (Å²) in [7, 11) is 1.60. The maximum Gasteiger partial charge on any atom is 0.0889 e. The van der Waals surface area contributed by atoms with Gasteiger partial charge < -0.3 is 15.6 Å². The predicted octanol–water partition coefficient (Wildman–Crippen LogP) is 0.906. The van der Waals surface area contributed by atoms with Crippen LogP contribution in [0.15, 0.2) is 0 Å². The van der Waals surface area contributed by atoms with Crippen LogP contribution < -0.4 is 5.73 Å². The predicted molar refractivity (Wildman–Crippen MR) is 57.8 cm³/mol. The zero-order valence-electron chi connectivity index (χ0n) is 9.18. The molecule has 1 unspecified atom stereocenters. The van der Waals surface area contributed by atoms with E-state index in [2.05, 4.69) is 11.8 Å². The van der Waals surface area contributed by atoms with E-state index in [1.165, 1.54) is 0 Å². The van der Waals surface area contributed by atoms with E-state index in [1.54, 1.807) is 14.0 Å². The molecule has 0 aromatic carbocycles. The first-order valence-electron chi connectivity index (χ1n) is 4.99. The van der Waals surface area contributed by atoms with Crippen LogP contribution in [0.2, 0.25) is 0 Å². The van der Waals surface area contributed by atoms with Crippen LogP contribution in [0.4, 0.5) is 0 Å². The smallest absolute Gasteiger partial charge is 0.0889 e. The van der Waals surface area contributed by atoms with Crippen molar-refractivity contribution in [2.45, 2.75) is 38.2 Å². The third kappa shape index (κ3) is 5.98. The molecule has 82 valence electrons. The van der Waals surface area contributed by atoms with E-state index in [1.807, 2.05) is 0 Å². The fourth-order valence-electron chi connectivity index (χ4n) is 1.39. The molecule has 0 bridgehead atoms. The lowest BCUT2D eigenvalue weighted by Crippen LogP contribution is -2.34. The second-order valence-corrected chi connectivity index (χ2v) is 3.48. The van der Waals surface area contributed by atoms with Crippen LogP contribution in [0.5, 0.6) is 0 Å². The SMILES string of the molecule is CC#CCCC(O)(CCCN)COC. The maximum absolute atomic E-state index is 10.1. The Labute approximate surface area is 86.6 Å². The van der Waals surface area contributed by atoms with Gasteiger partial charge >= 0.3 is 0 Å². The van der Waals surface area contributed by atoms with Crippen LogP contribution in [-0.2, 0) is 4.74 Å². The van der Waals surface area contributed by atoms with Gasteiger partial charge in [0.15, 0.2) is 0 Å². The highest BCUT2D eigenvalue weighted by atomic mass is 16.5. The van der Waals surface area contributed by atoms with Crippen molar-refractivity contribution in [3.8, 4) is 11.8 Å². The number of methoxy groups -OCH3 is 1. The van der Waals surface area contributed by atoms with Gasteiger partial charge in [-0.25, -0.2) is 0 Å². The lowest BCUT2D eigenvalue weighted by molar-refractivity contribution is -0.0428. The van der Waals surface area contributed by atoms with Gasteiger partial charge in [-0.1, -0.05) is 0 Å². The third-order valence-corrected chi connectivity index (χ3v) is 2.15. The Morgan fingerprint density at radius 1 is 1.43 bits per heavy atom. The lowest BCUT2D eigenvalue weighted by atomic mass is 9.93. The zero-order chi connectivity index (χ0) is 10.9. The summed E-state index contributed by atoms with van der Waals surface area (Å²) in [6.07, 6.45) is 2.87. The van der Waals surface area contributed by atoms with Gasteiger partial charge in [0.05, 0.1) is 12.2 Å². The molecule has 0 fully saturated rings. The molecular weight excluding hydrogens is 178 g/mol. The molecular formula is C11H21NO2. The van der Waals surface area contributed by atoms with Crippen molar-refractivity contribution in [3.63, 3.8) is 0 Å². The average molecular weight is 199 g/mol. The molecule has 3 N–H and O–H groups in total. The Bertz CT molecular complexity index is 195. The highest BCUT2D eigenvalue weighted by molar-refractivity contribution is 4.97. The number of nitrogens with two attached hydrogens (primary N) is 1. The van der Waals surface area contributed by atoms with Gasteiger partial charge in [0.1, 0.15) is 0 Å². The normalized spacial score (nSPS) is 14.3. The summed E-state index contributed by atoms with van der Waals surface area (Å²) in [4.78, 5) is 0. The molecule has 3 heteroatoms. The minimum Gasteiger partial charge on any atom is -0.387 e. The molecule has 0 amide bonds. The van der Waals surface area contributed by atoms with Crippen molar-refractivity contribution < 1.29 is 9.84 Å². The van der Waals surface area contributed by atoms with Crippen molar-refractivity contribution >= 4 is 0 Å². The van der Waals surface area contributed by atoms with E-state index >= 15 is 0 Å². The summed E-state index contributed by atoms with van der Waals surface area (Å²) >= 11 is 0. The highest BCUT2D eigenvalue weighted by Crippen LogP contribution is 2.19. The van der Waals surface area contributed by atoms with Gasteiger partial charge in [-0.2, -0.15) is 0 Å². The molecule has 0 aliphatic carbocycles. The Balaban J connectivity index is 3.98. The quantitative estimate of drug-likeness (QED) is 0.599. The molecule has 14 heavy (non-hydrogen) atoms. The van der Waals surface area contributed by atoms with Crippen molar-refractivity contribution in [2.24, 2.45) is 5.73 Å². The van der Waals surface area contributed by atoms with Crippen LogP contribution in [0.1, 0.15) is 32.6 Å². The molecule has 0 rings (SSSR count). The van der Waals surface area contributed by atoms with Crippen LogP contribution in [-0.4, -0.2) is 31.0 Å². The molecule has 0 aliphatic heterocycles. The second kappa shape index (κ2) is 7.81. The number of hydrogen-bond donors (Lipinski definition) is 2. The molecule has 0 spiro atoms. The van der Waals surface area contributed by atoms with Gasteiger partial charge in [-0.3, -0.25) is 0 Å². The first-order valence-corrected chi connectivity index (χ1v) is 4.99. The average Bonchev–Trinajstić information content (AvgIpc) is 2.16. The molecule has 0 saturated heterocycles. The van der Waals surface area contributed by atoms with Crippen molar-refractivity contribution in [2.75, 3.05) is 20.3 Å². The summed E-state index contributed by atoms with van der Waals surface area (Å²) in [6.45, 7) is 2.76. The van der Waals surface area contributed by atoms with Crippen molar-refractivity contribution in [1.29, 1.82) is 0 Å². The van der Waals surface area contributed by atoms with Gasteiger partial charge in [-0.05, 0) is 32.7 Å². The Hall–Kier alpha value is -0.560. The minimum absolute atomic E-state index is 0.360. The summed E-state index contributed by atoms with van der Waals surface area (Å²) in [5.74, 6) is 5.75. The number of rotatable bonds is 7.